The van der Waals surface area contributed by atoms with Gasteiger partial charge < -0.3 is 17.3 Å². The fourth-order valence-corrected chi connectivity index (χ4v) is 0. The van der Waals surface area contributed by atoms with Gasteiger partial charge in [0.15, 0.2) is 0 Å². The van der Waals surface area contributed by atoms with Crippen molar-refractivity contribution in [1.82, 2.24) is 0 Å². The SMILES string of the molecule is F[B-](F)(F)F.[H+].[Ir]. The Kier molecular flexibility index (Phi) is 4.16. The van der Waals surface area contributed by atoms with Gasteiger partial charge in [0.05, 0.1) is 0 Å². The minimum Gasteiger partial charge on any atom is -0.418 e. The molecule has 0 aromatic carbocycles. The van der Waals surface area contributed by atoms with E-state index in [9.17, 15) is 17.3 Å². The Morgan fingerprint density at radius 3 is 1.00 bits per heavy atom. The monoisotopic (exact) mass is 281 g/mol. The van der Waals surface area contributed by atoms with Crippen LogP contribution >= 0.6 is 0 Å². The molecule has 0 amide bonds. The van der Waals surface area contributed by atoms with E-state index in [1.807, 2.05) is 0 Å². The molecule has 0 rings (SSSR count). The summed E-state index contributed by atoms with van der Waals surface area (Å²) in [6.07, 6.45) is 0. The Morgan fingerprint density at radius 2 is 1.00 bits per heavy atom. The standard InChI is InChI=1S/BF4.Ir/c2-1(3,4)5;/q-1;/p+1. The molecule has 0 aromatic heterocycles. The quantitative estimate of drug-likeness (QED) is 0.465. The van der Waals surface area contributed by atoms with E-state index in [4.69, 9.17) is 0 Å². The zero-order chi connectivity index (χ0) is 4.50. The Morgan fingerprint density at radius 1 is 1.00 bits per heavy atom. The van der Waals surface area contributed by atoms with Crippen molar-refractivity contribution in [2.24, 2.45) is 0 Å². The van der Waals surface area contributed by atoms with Crippen LogP contribution in [0.1, 0.15) is 1.43 Å². The topological polar surface area (TPSA) is 0 Å². The second kappa shape index (κ2) is 2.58. The molecule has 0 aliphatic heterocycles. The van der Waals surface area contributed by atoms with Crippen LogP contribution in [0, 0.1) is 0 Å². The molecule has 0 saturated carbocycles. The first-order chi connectivity index (χ1) is 2.00. The van der Waals surface area contributed by atoms with Crippen LogP contribution in [0.15, 0.2) is 0 Å². The molecule has 0 spiro atoms. The molecule has 6 heteroatoms. The summed E-state index contributed by atoms with van der Waals surface area (Å²) in [7, 11) is -6.00. The third-order valence-electron chi connectivity index (χ3n) is 0. The molecule has 0 atom stereocenters. The van der Waals surface area contributed by atoms with E-state index in [1.54, 1.807) is 0 Å². The predicted octanol–water partition coefficient (Wildman–Crippen LogP) is 1.41. The molecule has 0 aromatic rings. The molecule has 0 nitrogen and oxygen atoms in total. The van der Waals surface area contributed by atoms with Crippen molar-refractivity contribution in [3.05, 3.63) is 0 Å². The fraction of sp³-hybridized carbons (Fsp3) is 0. The van der Waals surface area contributed by atoms with Gasteiger partial charge in [-0.15, -0.1) is 0 Å². The van der Waals surface area contributed by atoms with E-state index in [-0.39, 0.29) is 21.5 Å². The summed E-state index contributed by atoms with van der Waals surface area (Å²) in [5, 5.41) is 0. The molecule has 0 bridgehead atoms. The molecule has 0 aliphatic carbocycles. The minimum atomic E-state index is -6.00. The van der Waals surface area contributed by atoms with Crippen LogP contribution < -0.4 is 0 Å². The van der Waals surface area contributed by atoms with Gasteiger partial charge in [-0.3, -0.25) is 0 Å². The van der Waals surface area contributed by atoms with Gasteiger partial charge in [0.25, 0.3) is 0 Å². The van der Waals surface area contributed by atoms with Gasteiger partial charge in [-0.05, 0) is 0 Å². The van der Waals surface area contributed by atoms with Crippen LogP contribution in [0.2, 0.25) is 0 Å². The maximum absolute atomic E-state index is 9.75. The van der Waals surface area contributed by atoms with Gasteiger partial charge >= 0.3 is 8.68 Å². The fourth-order valence-electron chi connectivity index (χ4n) is 0. The van der Waals surface area contributed by atoms with Crippen LogP contribution in [0.3, 0.4) is 0 Å². The Balaban J connectivity index is -0.0000000800. The molecule has 0 unspecified atom stereocenters. The van der Waals surface area contributed by atoms with Crippen molar-refractivity contribution in [1.29, 1.82) is 0 Å². The molecular weight excluding hydrogens is 279 g/mol. The van der Waals surface area contributed by atoms with E-state index in [1.165, 1.54) is 0 Å². The Hall–Kier alpha value is 0.434. The molecule has 0 aliphatic rings. The first-order valence-corrected chi connectivity index (χ1v) is 0.873. The second-order valence-corrected chi connectivity index (χ2v) is 0.495. The summed E-state index contributed by atoms with van der Waals surface area (Å²) in [6.45, 7) is 0. The van der Waals surface area contributed by atoms with E-state index in [0.29, 0.717) is 0 Å². The van der Waals surface area contributed by atoms with Crippen molar-refractivity contribution < 1.29 is 38.8 Å². The molecule has 0 heterocycles. The number of rotatable bonds is 0. The summed E-state index contributed by atoms with van der Waals surface area (Å²) in [5.74, 6) is 0. The molecular formula is HBF4Ir. The predicted molar refractivity (Wildman–Crippen MR) is 11.3 cm³/mol. The first-order valence-electron chi connectivity index (χ1n) is 0.873. The third-order valence-corrected chi connectivity index (χ3v) is 0. The van der Waals surface area contributed by atoms with Gasteiger partial charge in [-0.2, -0.15) is 0 Å². The van der Waals surface area contributed by atoms with Crippen molar-refractivity contribution in [3.63, 3.8) is 0 Å². The van der Waals surface area contributed by atoms with E-state index < -0.39 is 7.25 Å². The average Bonchev–Trinajstić information content (AvgIpc) is 0.722. The molecule has 0 N–H and O–H groups in total. The number of halogens is 4. The zero-order valence-electron chi connectivity index (χ0n) is 3.42. The van der Waals surface area contributed by atoms with Crippen LogP contribution in [-0.4, -0.2) is 7.25 Å². The maximum atomic E-state index is 9.75. The van der Waals surface area contributed by atoms with Crippen molar-refractivity contribution in [2.75, 3.05) is 0 Å². The summed E-state index contributed by atoms with van der Waals surface area (Å²) in [4.78, 5) is 0. The van der Waals surface area contributed by atoms with Crippen molar-refractivity contribution in [2.45, 2.75) is 0 Å². The Bertz CT molecular complexity index is 27.2. The molecule has 6 heavy (non-hydrogen) atoms. The van der Waals surface area contributed by atoms with Crippen LogP contribution in [0.5, 0.6) is 0 Å². The smallest absolute Gasteiger partial charge is 0.418 e. The molecule has 41 valence electrons. The van der Waals surface area contributed by atoms with Gasteiger partial charge in [-0.25, -0.2) is 0 Å². The molecule has 0 saturated heterocycles. The van der Waals surface area contributed by atoms with Crippen molar-refractivity contribution in [3.8, 4) is 0 Å². The maximum Gasteiger partial charge on any atom is 1.00 e. The summed E-state index contributed by atoms with van der Waals surface area (Å²) in [5.41, 5.74) is 0. The van der Waals surface area contributed by atoms with Crippen LogP contribution in [-0.2, 0) is 20.1 Å². The average molecular weight is 280 g/mol. The van der Waals surface area contributed by atoms with Crippen LogP contribution in [0.25, 0.3) is 0 Å². The van der Waals surface area contributed by atoms with Gasteiger partial charge in [-0.1, -0.05) is 0 Å². The minimum absolute atomic E-state index is 0. The van der Waals surface area contributed by atoms with Gasteiger partial charge in [0, 0.05) is 20.1 Å². The number of hydrogen-bond acceptors (Lipinski definition) is 0. The third kappa shape index (κ3) is 277. The molecule has 0 fully saturated rings. The van der Waals surface area contributed by atoms with E-state index >= 15 is 0 Å². The second-order valence-electron chi connectivity index (χ2n) is 0.495. The summed E-state index contributed by atoms with van der Waals surface area (Å²) < 4.78 is 39.0. The Labute approximate surface area is 46.9 Å². The first kappa shape index (κ1) is 9.66. The van der Waals surface area contributed by atoms with Gasteiger partial charge in [0.2, 0.25) is 0 Å². The number of hydrogen-bond donors (Lipinski definition) is 0. The van der Waals surface area contributed by atoms with Crippen LogP contribution in [0.4, 0.5) is 17.3 Å². The van der Waals surface area contributed by atoms with Crippen molar-refractivity contribution >= 4 is 7.25 Å². The zero-order valence-corrected chi connectivity index (χ0v) is 4.82. The summed E-state index contributed by atoms with van der Waals surface area (Å²) >= 11 is 0. The molecule has 1 radical (unpaired) electrons. The largest absolute Gasteiger partial charge is 1.00 e. The van der Waals surface area contributed by atoms with Gasteiger partial charge in [0.1, 0.15) is 0 Å². The van der Waals surface area contributed by atoms with E-state index in [0.717, 1.165) is 0 Å². The van der Waals surface area contributed by atoms with E-state index in [2.05, 4.69) is 0 Å². The summed E-state index contributed by atoms with van der Waals surface area (Å²) in [6, 6.07) is 0. The normalized spacial score (nSPS) is 10.0.